The molecule has 170 valence electrons. The van der Waals surface area contributed by atoms with Crippen molar-refractivity contribution in [2.24, 2.45) is 0 Å². The third kappa shape index (κ3) is 5.32. The molecule has 3 aromatic carbocycles. The number of alkyl halides is 3. The topological polar surface area (TPSA) is 43.4 Å². The molecule has 33 heavy (non-hydrogen) atoms. The molecule has 0 N–H and O–H groups in total. The van der Waals surface area contributed by atoms with Crippen molar-refractivity contribution in [3.05, 3.63) is 103 Å². The van der Waals surface area contributed by atoms with E-state index < -0.39 is 24.0 Å². The van der Waals surface area contributed by atoms with Gasteiger partial charge in [0.15, 0.2) is 0 Å². The van der Waals surface area contributed by atoms with Gasteiger partial charge in [-0.05, 0) is 53.5 Å². The van der Waals surface area contributed by atoms with Gasteiger partial charge in [-0.1, -0.05) is 91.0 Å². The fraction of sp³-hybridized carbons (Fsp3) is 0.115. The maximum Gasteiger partial charge on any atom is 0.384 e. The lowest BCUT2D eigenvalue weighted by atomic mass is 10.3. The number of halogens is 3. The molecule has 0 unspecified atom stereocenters. The summed E-state index contributed by atoms with van der Waals surface area (Å²) in [4.78, 5) is 25.3. The van der Waals surface area contributed by atoms with Gasteiger partial charge in [-0.2, -0.15) is 8.78 Å². The van der Waals surface area contributed by atoms with Crippen LogP contribution in [0.1, 0.15) is 6.92 Å². The molecule has 0 saturated heterocycles. The number of hydrogen-bond acceptors (Lipinski definition) is 3. The molecule has 7 heteroatoms. The van der Waals surface area contributed by atoms with Crippen LogP contribution in [0.4, 0.5) is 8.78 Å². The number of rotatable bonds is 8. The van der Waals surface area contributed by atoms with Gasteiger partial charge >= 0.3 is 11.4 Å². The molecule has 0 saturated carbocycles. The van der Waals surface area contributed by atoms with Crippen molar-refractivity contribution in [1.29, 1.82) is 0 Å². The van der Waals surface area contributed by atoms with E-state index in [0.717, 1.165) is 22.0 Å². The van der Waals surface area contributed by atoms with E-state index in [-0.39, 0.29) is 11.9 Å². The Balaban J connectivity index is 2.55. The van der Waals surface area contributed by atoms with E-state index in [4.69, 9.17) is 16.3 Å². The fourth-order valence-corrected chi connectivity index (χ4v) is 7.88. The highest BCUT2D eigenvalue weighted by atomic mass is 35.5. The van der Waals surface area contributed by atoms with Gasteiger partial charge in [0.25, 0.3) is 0 Å². The Morgan fingerprint density at radius 3 is 1.55 bits per heavy atom. The summed E-state index contributed by atoms with van der Waals surface area (Å²) >= 11 is 4.92. The molecule has 0 aromatic heterocycles. The molecule has 0 heterocycles. The Kier molecular flexibility index (Phi) is 8.01. The number of allylic oxidation sites excluding steroid dienone is 1. The highest BCUT2D eigenvalue weighted by Crippen LogP contribution is 2.46. The molecular weight excluding hydrogens is 465 g/mol. The molecule has 3 aromatic rings. The molecule has 3 nitrogen and oxygen atoms in total. The molecule has 0 atom stereocenters. The molecule has 0 amide bonds. The summed E-state index contributed by atoms with van der Waals surface area (Å²) in [5.74, 6) is -2.30. The highest BCUT2D eigenvalue weighted by Gasteiger charge is 2.35. The van der Waals surface area contributed by atoms with Gasteiger partial charge in [0.1, 0.15) is 0 Å². The van der Waals surface area contributed by atoms with Gasteiger partial charge in [-0.25, -0.2) is 4.79 Å². The minimum Gasteiger partial charge on any atom is -0.462 e. The zero-order valence-corrected chi connectivity index (χ0v) is 19.5. The highest BCUT2D eigenvalue weighted by molar-refractivity contribution is 7.96. The van der Waals surface area contributed by atoms with E-state index in [1.807, 2.05) is 91.0 Å². The van der Waals surface area contributed by atoms with Crippen LogP contribution in [-0.4, -0.2) is 29.0 Å². The Morgan fingerprint density at radius 2 is 1.21 bits per heavy atom. The van der Waals surface area contributed by atoms with E-state index in [0.29, 0.717) is 6.08 Å². The van der Waals surface area contributed by atoms with Crippen LogP contribution in [0.2, 0.25) is 0 Å². The van der Waals surface area contributed by atoms with E-state index >= 15 is 0 Å². The average Bonchev–Trinajstić information content (AvgIpc) is 2.83. The standard InChI is InChI=1S/C26H22ClF2O3P/c1-2-32-25(31)23(18-19-24(30)26(27,28)29)33(20-12-6-3-7-13-20,21-14-8-4-9-15-21)22-16-10-5-11-17-22/h3-19H,2H2,1H3/b19-18+. The number of benzene rings is 3. The zero-order chi connectivity index (χ0) is 23.9. The van der Waals surface area contributed by atoms with Crippen LogP contribution in [0, 0.1) is 0 Å². The first kappa shape index (κ1) is 24.6. The molecule has 0 spiro atoms. The summed E-state index contributed by atoms with van der Waals surface area (Å²) in [6.45, 7) is -1.21. The second kappa shape index (κ2) is 10.7. The van der Waals surface area contributed by atoms with Crippen LogP contribution in [0.3, 0.4) is 0 Å². The molecular formula is C26H22ClF2O3P. The third-order valence-electron chi connectivity index (χ3n) is 4.95. The summed E-state index contributed by atoms with van der Waals surface area (Å²) in [5.41, 5.74) is 0. The smallest absolute Gasteiger partial charge is 0.384 e. The second-order valence-corrected chi connectivity index (χ2v) is 10.8. The quantitative estimate of drug-likeness (QED) is 0.201. The van der Waals surface area contributed by atoms with Crippen molar-refractivity contribution in [2.75, 3.05) is 6.61 Å². The van der Waals surface area contributed by atoms with Crippen molar-refractivity contribution in [1.82, 2.24) is 0 Å². The number of esters is 1. The molecule has 0 aliphatic carbocycles. The van der Waals surface area contributed by atoms with Crippen LogP contribution in [0.5, 0.6) is 0 Å². The van der Waals surface area contributed by atoms with Crippen LogP contribution in [0.25, 0.3) is 0 Å². The molecule has 3 rings (SSSR count). The van der Waals surface area contributed by atoms with Gasteiger partial charge in [0, 0.05) is 0 Å². The van der Waals surface area contributed by atoms with E-state index in [2.05, 4.69) is 0 Å². The summed E-state index contributed by atoms with van der Waals surface area (Å²) < 4.78 is 32.2. The van der Waals surface area contributed by atoms with Crippen LogP contribution >= 0.6 is 18.5 Å². The number of hydrogen-bond donors (Lipinski definition) is 0. The monoisotopic (exact) mass is 486 g/mol. The van der Waals surface area contributed by atoms with Crippen LogP contribution < -0.4 is 15.9 Å². The third-order valence-corrected chi connectivity index (χ3v) is 9.41. The lowest BCUT2D eigenvalue weighted by molar-refractivity contribution is -0.134. The maximum absolute atomic E-state index is 13.4. The Labute approximate surface area is 196 Å². The first-order chi connectivity index (χ1) is 15.8. The summed E-state index contributed by atoms with van der Waals surface area (Å²) in [5, 5.41) is -1.55. The Morgan fingerprint density at radius 1 is 0.818 bits per heavy atom. The van der Waals surface area contributed by atoms with Crippen molar-refractivity contribution < 1.29 is 23.1 Å². The van der Waals surface area contributed by atoms with Crippen LogP contribution in [-0.2, 0) is 14.3 Å². The fourth-order valence-electron chi connectivity index (χ4n) is 3.59. The van der Waals surface area contributed by atoms with Crippen LogP contribution in [0.15, 0.2) is 103 Å². The van der Waals surface area contributed by atoms with Gasteiger partial charge in [-0.3, -0.25) is 4.79 Å². The number of ether oxygens (including phenoxy) is 1. The number of carbonyl (C=O) groups is 2. The summed E-state index contributed by atoms with van der Waals surface area (Å²) in [7, 11) is 0. The normalized spacial score (nSPS) is 11.9. The molecule has 0 bridgehead atoms. The number of ketones is 1. The van der Waals surface area contributed by atoms with Gasteiger partial charge in [0.2, 0.25) is 5.78 Å². The summed E-state index contributed by atoms with van der Waals surface area (Å²) in [6, 6.07) is 28.0. The Bertz CT molecular complexity index is 1090. The van der Waals surface area contributed by atoms with Gasteiger partial charge in [0.05, 0.1) is 11.9 Å². The van der Waals surface area contributed by atoms with Gasteiger partial charge in [-0.15, -0.1) is 0 Å². The molecule has 0 aliphatic heterocycles. The molecule has 0 radical (unpaired) electrons. The maximum atomic E-state index is 13.4. The molecule has 0 aliphatic rings. The first-order valence-corrected chi connectivity index (χ1v) is 12.4. The zero-order valence-electron chi connectivity index (χ0n) is 17.8. The second-order valence-electron chi connectivity index (χ2n) is 6.98. The van der Waals surface area contributed by atoms with Gasteiger partial charge < -0.3 is 4.74 Å². The summed E-state index contributed by atoms with van der Waals surface area (Å²) in [6.07, 6.45) is 1.79. The minimum absolute atomic E-state index is 0.0775. The Hall–Kier alpha value is -3.01. The van der Waals surface area contributed by atoms with Crippen molar-refractivity contribution in [2.45, 2.75) is 12.3 Å². The average molecular weight is 487 g/mol. The van der Waals surface area contributed by atoms with Crippen molar-refractivity contribution >= 4 is 51.4 Å². The lowest BCUT2D eigenvalue weighted by Crippen LogP contribution is -2.33. The first-order valence-electron chi connectivity index (χ1n) is 10.2. The van der Waals surface area contributed by atoms with E-state index in [1.165, 1.54) is 0 Å². The largest absolute Gasteiger partial charge is 0.462 e. The predicted molar refractivity (Wildman–Crippen MR) is 132 cm³/mol. The minimum atomic E-state index is -4.08. The SMILES string of the molecule is CCOC(=O)C(/C=C/C(=O)C(F)(F)Cl)=P(c1ccccc1)(c1ccccc1)c1ccccc1. The lowest BCUT2D eigenvalue weighted by Gasteiger charge is -2.31. The predicted octanol–water partition coefficient (Wildman–Crippen LogP) is 4.67. The number of carbonyl (C=O) groups excluding carboxylic acids is 2. The molecule has 0 fully saturated rings. The van der Waals surface area contributed by atoms with Crippen molar-refractivity contribution in [3.63, 3.8) is 0 Å². The van der Waals surface area contributed by atoms with Crippen molar-refractivity contribution in [3.8, 4) is 0 Å². The van der Waals surface area contributed by atoms with E-state index in [9.17, 15) is 18.4 Å². The van der Waals surface area contributed by atoms with E-state index in [1.54, 1.807) is 6.92 Å².